The van der Waals surface area contributed by atoms with Crippen LogP contribution in [-0.2, 0) is 4.74 Å². The Kier molecular flexibility index (Phi) is 13.2. The largest absolute Gasteiger partial charge is 1.00 e. The zero-order valence-electron chi connectivity index (χ0n) is 13.2. The van der Waals surface area contributed by atoms with Crippen LogP contribution in [0, 0.1) is 0 Å². The van der Waals surface area contributed by atoms with E-state index in [0.717, 1.165) is 0 Å². The Morgan fingerprint density at radius 1 is 0.750 bits per heavy atom. The Bertz CT molecular complexity index is 426. The van der Waals surface area contributed by atoms with Crippen molar-refractivity contribution in [2.45, 2.75) is 0 Å². The first kappa shape index (κ1) is 19.5. The van der Waals surface area contributed by atoms with Crippen molar-refractivity contribution >= 4 is 0 Å². The smallest absolute Gasteiger partial charge is 1.00 e. The van der Waals surface area contributed by atoms with E-state index in [1.54, 1.807) is 12.2 Å². The summed E-state index contributed by atoms with van der Waals surface area (Å²) in [6.07, 6.45) is 3.42. The van der Waals surface area contributed by atoms with Gasteiger partial charge >= 0.3 is 51.4 Å². The first-order valence-electron chi connectivity index (χ1n) is 6.28. The van der Waals surface area contributed by atoms with Crippen molar-refractivity contribution in [3.8, 4) is 11.1 Å². The van der Waals surface area contributed by atoms with Gasteiger partial charge < -0.3 is 6.16 Å². The molecule has 20 heavy (non-hydrogen) atoms. The van der Waals surface area contributed by atoms with Crippen molar-refractivity contribution in [2.75, 3.05) is 13.2 Å². The van der Waals surface area contributed by atoms with Crippen LogP contribution in [0.5, 0.6) is 0 Å². The van der Waals surface area contributed by atoms with Crippen molar-refractivity contribution in [3.63, 3.8) is 0 Å². The second-order valence-corrected chi connectivity index (χ2v) is 3.85. The molecule has 0 saturated heterocycles. The van der Waals surface area contributed by atoms with Crippen LogP contribution in [0.2, 0.25) is 0 Å². The van der Waals surface area contributed by atoms with Crippen LogP contribution < -0.4 is 51.4 Å². The van der Waals surface area contributed by atoms with Crippen LogP contribution in [0.15, 0.2) is 86.0 Å². The minimum Gasteiger partial charge on any atom is -1.00 e. The molecule has 0 heterocycles. The monoisotopic (exact) mass is 292 g/mol. The van der Waals surface area contributed by atoms with Gasteiger partial charge in [-0.3, -0.25) is 0 Å². The number of rotatable bonds is 5. The second kappa shape index (κ2) is 13.5. The summed E-state index contributed by atoms with van der Waals surface area (Å²) in [5.41, 5.74) is 2.55. The molecule has 0 fully saturated rings. The van der Waals surface area contributed by atoms with Gasteiger partial charge in [-0.15, -0.1) is 13.2 Å². The Morgan fingerprint density at radius 3 is 1.40 bits per heavy atom. The fraction of sp³-hybridized carbons (Fsp3) is 0.111. The number of ether oxygens (including phenoxy) is 1. The second-order valence-electron chi connectivity index (χ2n) is 3.85. The molecule has 0 saturated carbocycles. The molecule has 0 radical (unpaired) electrons. The molecule has 0 aliphatic rings. The summed E-state index contributed by atoms with van der Waals surface area (Å²) in [5, 5.41) is 0. The average Bonchev–Trinajstić information content (AvgIpc) is 2.50. The van der Waals surface area contributed by atoms with Gasteiger partial charge in [0.25, 0.3) is 0 Å². The molecule has 2 rings (SSSR count). The van der Waals surface area contributed by atoms with Gasteiger partial charge in [-0.2, -0.15) is 0 Å². The van der Waals surface area contributed by atoms with Gasteiger partial charge in [-0.1, -0.05) is 72.8 Å². The Labute approximate surface area is 166 Å². The molecule has 2 aromatic rings. The molecule has 0 spiro atoms. The van der Waals surface area contributed by atoms with E-state index >= 15 is 0 Å². The third kappa shape index (κ3) is 8.64. The predicted molar refractivity (Wildman–Crippen MR) is 84.2 cm³/mol. The van der Waals surface area contributed by atoms with E-state index in [0.29, 0.717) is 13.2 Å². The summed E-state index contributed by atoms with van der Waals surface area (Å²) in [6, 6.07) is 20.8. The van der Waals surface area contributed by atoms with Gasteiger partial charge in [0.15, 0.2) is 0 Å². The van der Waals surface area contributed by atoms with Gasteiger partial charge in [-0.05, 0) is 11.1 Å². The standard InChI is InChI=1S/C12H10.C6H10O.K.H/c1-3-7-11(8-4-1)12-9-5-2-6-10-12;1-3-5-7-6-4-2;;/h1-10H;3-4H,1-2,5-6H2;;/q;;+1;-1. The van der Waals surface area contributed by atoms with Crippen molar-refractivity contribution in [2.24, 2.45) is 0 Å². The van der Waals surface area contributed by atoms with E-state index in [-0.39, 0.29) is 52.8 Å². The summed E-state index contributed by atoms with van der Waals surface area (Å²) in [4.78, 5) is 0. The van der Waals surface area contributed by atoms with Crippen LogP contribution in [-0.4, -0.2) is 13.2 Å². The van der Waals surface area contributed by atoms with Gasteiger partial charge in [0.1, 0.15) is 0 Å². The predicted octanol–water partition coefficient (Wildman–Crippen LogP) is 1.85. The fourth-order valence-electron chi connectivity index (χ4n) is 1.50. The summed E-state index contributed by atoms with van der Waals surface area (Å²) in [6.45, 7) is 8.18. The third-order valence-electron chi connectivity index (χ3n) is 2.35. The SMILES string of the molecule is C=CCOCC=C.[H-].[K+].c1ccc(-c2ccccc2)cc1. The van der Waals surface area contributed by atoms with Crippen LogP contribution in [0.4, 0.5) is 0 Å². The molecule has 1 nitrogen and oxygen atoms in total. The van der Waals surface area contributed by atoms with Crippen molar-refractivity contribution < 1.29 is 57.5 Å². The van der Waals surface area contributed by atoms with Crippen LogP contribution >= 0.6 is 0 Å². The maximum absolute atomic E-state index is 4.90. The summed E-state index contributed by atoms with van der Waals surface area (Å²) < 4.78 is 4.90. The van der Waals surface area contributed by atoms with E-state index in [2.05, 4.69) is 61.7 Å². The molecule has 0 atom stereocenters. The molecule has 2 aromatic carbocycles. The van der Waals surface area contributed by atoms with E-state index in [1.165, 1.54) is 11.1 Å². The molecule has 0 aliphatic carbocycles. The zero-order chi connectivity index (χ0) is 13.8. The molecule has 2 heteroatoms. The van der Waals surface area contributed by atoms with E-state index in [4.69, 9.17) is 4.74 Å². The van der Waals surface area contributed by atoms with Crippen LogP contribution in [0.1, 0.15) is 1.43 Å². The molecule has 0 bridgehead atoms. The average molecular weight is 292 g/mol. The first-order valence-corrected chi connectivity index (χ1v) is 6.28. The van der Waals surface area contributed by atoms with Crippen LogP contribution in [0.3, 0.4) is 0 Å². The molecule has 0 amide bonds. The number of hydrogen-bond donors (Lipinski definition) is 0. The van der Waals surface area contributed by atoms with Gasteiger partial charge in [0.2, 0.25) is 0 Å². The maximum atomic E-state index is 4.90. The maximum Gasteiger partial charge on any atom is 1.00 e. The van der Waals surface area contributed by atoms with Gasteiger partial charge in [0, 0.05) is 0 Å². The number of hydrogen-bond acceptors (Lipinski definition) is 1. The third-order valence-corrected chi connectivity index (χ3v) is 2.35. The number of benzene rings is 2. The minimum absolute atomic E-state index is 0. The summed E-state index contributed by atoms with van der Waals surface area (Å²) in [5.74, 6) is 0. The summed E-state index contributed by atoms with van der Waals surface area (Å²) in [7, 11) is 0. The Balaban J connectivity index is 0. The molecule has 0 unspecified atom stereocenters. The fourth-order valence-corrected chi connectivity index (χ4v) is 1.50. The summed E-state index contributed by atoms with van der Waals surface area (Å²) >= 11 is 0. The van der Waals surface area contributed by atoms with Crippen molar-refractivity contribution in [3.05, 3.63) is 86.0 Å². The Morgan fingerprint density at radius 2 is 1.10 bits per heavy atom. The van der Waals surface area contributed by atoms with Crippen LogP contribution in [0.25, 0.3) is 11.1 Å². The van der Waals surface area contributed by atoms with E-state index in [9.17, 15) is 0 Å². The van der Waals surface area contributed by atoms with E-state index < -0.39 is 0 Å². The van der Waals surface area contributed by atoms with Crippen molar-refractivity contribution in [1.29, 1.82) is 0 Å². The zero-order valence-corrected chi connectivity index (χ0v) is 15.3. The van der Waals surface area contributed by atoms with E-state index in [1.807, 2.05) is 12.1 Å². The molecule has 0 N–H and O–H groups in total. The van der Waals surface area contributed by atoms with Gasteiger partial charge in [-0.25, -0.2) is 0 Å². The normalized spacial score (nSPS) is 8.60. The molecule has 0 aliphatic heterocycles. The molecule has 0 aromatic heterocycles. The molecular formula is C18H21KO. The topological polar surface area (TPSA) is 9.23 Å². The minimum atomic E-state index is 0. The quantitative estimate of drug-likeness (QED) is 0.464. The molecular weight excluding hydrogens is 271 g/mol. The first-order chi connectivity index (χ1) is 9.38. The van der Waals surface area contributed by atoms with Gasteiger partial charge in [0.05, 0.1) is 13.2 Å². The van der Waals surface area contributed by atoms with Crippen molar-refractivity contribution in [1.82, 2.24) is 0 Å². The Hall–Kier alpha value is -0.484. The molecule has 100 valence electrons.